The van der Waals surface area contributed by atoms with E-state index in [1.807, 2.05) is 55.3 Å². The zero-order valence-electron chi connectivity index (χ0n) is 14.3. The van der Waals surface area contributed by atoms with E-state index in [9.17, 15) is 4.79 Å². The maximum absolute atomic E-state index is 12.5. The molecule has 7 nitrogen and oxygen atoms in total. The monoisotopic (exact) mass is 337 g/mol. The predicted molar refractivity (Wildman–Crippen MR) is 96.6 cm³/mol. The lowest BCUT2D eigenvalue weighted by Crippen LogP contribution is -2.18. The summed E-state index contributed by atoms with van der Waals surface area (Å²) in [6.07, 6.45) is 5.44. The van der Waals surface area contributed by atoms with Crippen LogP contribution >= 0.6 is 0 Å². The molecule has 1 N–H and O–H groups in total. The Bertz CT molecular complexity index is 858. The molecule has 0 aliphatic heterocycles. The average molecular weight is 337 g/mol. The van der Waals surface area contributed by atoms with Crippen LogP contribution in [0.4, 0.5) is 11.5 Å². The van der Waals surface area contributed by atoms with Crippen molar-refractivity contribution >= 4 is 17.4 Å². The smallest absolute Gasteiger partial charge is 0.318 e. The van der Waals surface area contributed by atoms with Crippen LogP contribution in [0.5, 0.6) is 6.01 Å². The van der Waals surface area contributed by atoms with Gasteiger partial charge in [0.25, 0.3) is 5.91 Å². The fraction of sp³-hybridized carbons (Fsp3) is 0.167. The third-order valence-electron chi connectivity index (χ3n) is 3.63. The highest BCUT2D eigenvalue weighted by Gasteiger charge is 2.14. The molecule has 7 heteroatoms. The molecule has 0 unspecified atom stereocenters. The molecule has 0 saturated carbocycles. The summed E-state index contributed by atoms with van der Waals surface area (Å²) in [5, 5.41) is 2.85. The first kappa shape index (κ1) is 16.5. The summed E-state index contributed by atoms with van der Waals surface area (Å²) in [5.74, 6) is 0.347. The lowest BCUT2D eigenvalue weighted by atomic mass is 10.2. The van der Waals surface area contributed by atoms with E-state index >= 15 is 0 Å². The van der Waals surface area contributed by atoms with Gasteiger partial charge in [-0.3, -0.25) is 4.79 Å². The Morgan fingerprint density at radius 1 is 1.16 bits per heavy atom. The molecule has 0 fully saturated rings. The summed E-state index contributed by atoms with van der Waals surface area (Å²) < 4.78 is 7.01. The number of amides is 1. The van der Waals surface area contributed by atoms with Gasteiger partial charge in [0, 0.05) is 37.7 Å². The van der Waals surface area contributed by atoms with Crippen LogP contribution < -0.4 is 15.0 Å². The van der Waals surface area contributed by atoms with Gasteiger partial charge in [0.05, 0.1) is 13.3 Å². The molecule has 0 aliphatic rings. The Balaban J connectivity index is 1.80. The Kier molecular flexibility index (Phi) is 4.65. The fourth-order valence-electron chi connectivity index (χ4n) is 2.37. The molecule has 128 valence electrons. The van der Waals surface area contributed by atoms with Crippen LogP contribution in [0.25, 0.3) is 5.69 Å². The molecule has 0 atom stereocenters. The highest BCUT2D eigenvalue weighted by atomic mass is 16.5. The number of nitrogens with zero attached hydrogens (tertiary/aromatic N) is 4. The number of carbonyl (C=O) groups excluding carboxylic acids is 1. The lowest BCUT2D eigenvalue weighted by molar-refractivity contribution is 0.102. The van der Waals surface area contributed by atoms with Gasteiger partial charge in [-0.05, 0) is 36.4 Å². The summed E-state index contributed by atoms with van der Waals surface area (Å²) in [5.41, 5.74) is 2.06. The summed E-state index contributed by atoms with van der Waals surface area (Å²) in [6.45, 7) is 0. The number of hydrogen-bond acceptors (Lipinski definition) is 5. The Labute approximate surface area is 145 Å². The van der Waals surface area contributed by atoms with Crippen LogP contribution in [-0.4, -0.2) is 41.6 Å². The van der Waals surface area contributed by atoms with E-state index in [1.54, 1.807) is 17.0 Å². The van der Waals surface area contributed by atoms with Gasteiger partial charge in [0.15, 0.2) is 5.82 Å². The molecular formula is C18H19N5O2. The number of rotatable bonds is 5. The predicted octanol–water partition coefficient (Wildman–Crippen LogP) is 2.59. The minimum absolute atomic E-state index is 0.226. The molecule has 2 heterocycles. The number of benzene rings is 1. The second kappa shape index (κ2) is 7.04. The van der Waals surface area contributed by atoms with Gasteiger partial charge in [-0.2, -0.15) is 4.98 Å². The van der Waals surface area contributed by atoms with Crippen LogP contribution in [0.2, 0.25) is 0 Å². The number of carbonyl (C=O) groups is 1. The molecular weight excluding hydrogens is 318 g/mol. The Morgan fingerprint density at radius 2 is 1.84 bits per heavy atom. The molecule has 0 bridgehead atoms. The minimum Gasteiger partial charge on any atom is -0.467 e. The molecule has 0 radical (unpaired) electrons. The average Bonchev–Trinajstić information content (AvgIpc) is 3.16. The third kappa shape index (κ3) is 3.60. The number of aromatic nitrogens is 3. The van der Waals surface area contributed by atoms with Crippen molar-refractivity contribution in [3.05, 3.63) is 60.6 Å². The van der Waals surface area contributed by atoms with Crippen molar-refractivity contribution in [2.24, 2.45) is 0 Å². The topological polar surface area (TPSA) is 72.3 Å². The SMILES string of the molecule is COc1ncc(NC(=O)c2ccc(-n3cccc3)cc2)c(N(C)C)n1. The van der Waals surface area contributed by atoms with Gasteiger partial charge in [0.1, 0.15) is 5.69 Å². The number of methoxy groups -OCH3 is 1. The van der Waals surface area contributed by atoms with Gasteiger partial charge in [-0.25, -0.2) is 4.98 Å². The quantitative estimate of drug-likeness (QED) is 0.775. The second-order valence-corrected chi connectivity index (χ2v) is 5.58. The highest BCUT2D eigenvalue weighted by Crippen LogP contribution is 2.23. The van der Waals surface area contributed by atoms with E-state index in [0.29, 0.717) is 17.1 Å². The molecule has 25 heavy (non-hydrogen) atoms. The van der Waals surface area contributed by atoms with Gasteiger partial charge >= 0.3 is 6.01 Å². The van der Waals surface area contributed by atoms with E-state index in [2.05, 4.69) is 15.3 Å². The summed E-state index contributed by atoms with van der Waals surface area (Å²) in [6, 6.07) is 11.5. The zero-order chi connectivity index (χ0) is 17.8. The van der Waals surface area contributed by atoms with Crippen molar-refractivity contribution in [2.75, 3.05) is 31.4 Å². The fourth-order valence-corrected chi connectivity index (χ4v) is 2.37. The normalized spacial score (nSPS) is 10.4. The molecule has 0 aliphatic carbocycles. The minimum atomic E-state index is -0.226. The van der Waals surface area contributed by atoms with Crippen molar-refractivity contribution in [2.45, 2.75) is 0 Å². The molecule has 3 aromatic rings. The molecule has 1 aromatic carbocycles. The Hall–Kier alpha value is -3.35. The first-order valence-electron chi connectivity index (χ1n) is 7.71. The number of hydrogen-bond donors (Lipinski definition) is 1. The van der Waals surface area contributed by atoms with E-state index in [-0.39, 0.29) is 11.9 Å². The maximum Gasteiger partial charge on any atom is 0.318 e. The van der Waals surface area contributed by atoms with Crippen molar-refractivity contribution in [1.82, 2.24) is 14.5 Å². The molecule has 2 aromatic heterocycles. The van der Waals surface area contributed by atoms with E-state index in [1.165, 1.54) is 13.3 Å². The highest BCUT2D eigenvalue weighted by molar-refractivity contribution is 6.05. The van der Waals surface area contributed by atoms with Gasteiger partial charge < -0.3 is 19.5 Å². The number of ether oxygens (including phenoxy) is 1. The van der Waals surface area contributed by atoms with E-state index in [4.69, 9.17) is 4.74 Å². The van der Waals surface area contributed by atoms with Crippen LogP contribution in [0.15, 0.2) is 55.0 Å². The van der Waals surface area contributed by atoms with Crippen LogP contribution in [0.1, 0.15) is 10.4 Å². The number of anilines is 2. The largest absolute Gasteiger partial charge is 0.467 e. The van der Waals surface area contributed by atoms with Crippen molar-refractivity contribution in [1.29, 1.82) is 0 Å². The molecule has 1 amide bonds. The lowest BCUT2D eigenvalue weighted by Gasteiger charge is -2.16. The van der Waals surface area contributed by atoms with E-state index in [0.717, 1.165) is 5.69 Å². The Morgan fingerprint density at radius 3 is 2.44 bits per heavy atom. The van der Waals surface area contributed by atoms with Crippen LogP contribution in [0.3, 0.4) is 0 Å². The standard InChI is InChI=1S/C18H19N5O2/c1-22(2)16-15(12-19-18(21-16)25-3)20-17(24)13-6-8-14(9-7-13)23-10-4-5-11-23/h4-12H,1-3H3,(H,20,24). The van der Waals surface area contributed by atoms with Crippen molar-refractivity contribution in [3.8, 4) is 11.7 Å². The summed E-state index contributed by atoms with van der Waals surface area (Å²) in [4.78, 5) is 22.6. The second-order valence-electron chi connectivity index (χ2n) is 5.58. The molecule has 3 rings (SSSR count). The molecule has 0 saturated heterocycles. The summed E-state index contributed by atoms with van der Waals surface area (Å²) >= 11 is 0. The van der Waals surface area contributed by atoms with Gasteiger partial charge in [-0.1, -0.05) is 0 Å². The van der Waals surface area contributed by atoms with Gasteiger partial charge in [-0.15, -0.1) is 0 Å². The first-order chi connectivity index (χ1) is 12.1. The third-order valence-corrected chi connectivity index (χ3v) is 3.63. The molecule has 0 spiro atoms. The van der Waals surface area contributed by atoms with Crippen LogP contribution in [0, 0.1) is 0 Å². The van der Waals surface area contributed by atoms with Crippen molar-refractivity contribution in [3.63, 3.8) is 0 Å². The number of nitrogens with one attached hydrogen (secondary N) is 1. The van der Waals surface area contributed by atoms with Gasteiger partial charge in [0.2, 0.25) is 0 Å². The summed E-state index contributed by atoms with van der Waals surface area (Å²) in [7, 11) is 5.17. The van der Waals surface area contributed by atoms with Crippen molar-refractivity contribution < 1.29 is 9.53 Å². The first-order valence-corrected chi connectivity index (χ1v) is 7.71. The maximum atomic E-state index is 12.5. The van der Waals surface area contributed by atoms with E-state index < -0.39 is 0 Å². The zero-order valence-corrected chi connectivity index (χ0v) is 14.3. The van der Waals surface area contributed by atoms with Crippen LogP contribution in [-0.2, 0) is 0 Å².